The number of nitrogens with zero attached hydrogens (tertiary/aromatic N) is 2. The predicted octanol–water partition coefficient (Wildman–Crippen LogP) is 2.95. The molecule has 0 amide bonds. The maximum Gasteiger partial charge on any atom is 0.299 e. The monoisotopic (exact) mass is 783 g/mol. The van der Waals surface area contributed by atoms with Gasteiger partial charge in [-0.05, 0) is 25.7 Å². The minimum absolute atomic E-state index is 0.185. The summed E-state index contributed by atoms with van der Waals surface area (Å²) in [6.07, 6.45) is 0. The first kappa shape index (κ1) is 48.6. The number of benzene rings is 1. The zero-order valence-corrected chi connectivity index (χ0v) is 32.6. The highest BCUT2D eigenvalue weighted by Crippen LogP contribution is 2.28. The minimum atomic E-state index is -1.47. The highest BCUT2D eigenvalue weighted by atomic mass is 28.4. The van der Waals surface area contributed by atoms with E-state index in [9.17, 15) is 20.2 Å². The molecule has 1 rings (SSSR count). The van der Waals surface area contributed by atoms with E-state index in [0.29, 0.717) is 145 Å². The fourth-order valence-corrected chi connectivity index (χ4v) is 4.60. The fourth-order valence-electron chi connectivity index (χ4n) is 3.90. The molecule has 0 bridgehead atoms. The lowest BCUT2D eigenvalue weighted by Gasteiger charge is -2.16. The van der Waals surface area contributed by atoms with Crippen molar-refractivity contribution in [1.29, 1.82) is 0 Å². The molecule has 0 aliphatic rings. The minimum Gasteiger partial charge on any atom is -0.415 e. The van der Waals surface area contributed by atoms with Crippen molar-refractivity contribution in [3.63, 3.8) is 0 Å². The fraction of sp³-hybridized carbons (Fsp3) is 0.818. The Morgan fingerprint density at radius 2 is 0.774 bits per heavy atom. The van der Waals surface area contributed by atoms with Gasteiger partial charge in [-0.15, -0.1) is 0 Å². The van der Waals surface area contributed by atoms with E-state index in [1.165, 1.54) is 12.1 Å². The summed E-state index contributed by atoms with van der Waals surface area (Å²) in [5, 5.41) is 24.8. The molecule has 0 radical (unpaired) electrons. The number of hydrogen-bond acceptors (Lipinski definition) is 17. The summed E-state index contributed by atoms with van der Waals surface area (Å²) < 4.78 is 65.8. The van der Waals surface area contributed by atoms with Gasteiger partial charge in [0.1, 0.15) is 5.69 Å². The van der Waals surface area contributed by atoms with Crippen molar-refractivity contribution in [2.45, 2.75) is 19.6 Å². The second-order valence-corrected chi connectivity index (χ2v) is 16.4. The number of nitro benzene ring substituents is 2. The van der Waals surface area contributed by atoms with E-state index in [4.69, 9.17) is 56.5 Å². The largest absolute Gasteiger partial charge is 0.415 e. The van der Waals surface area contributed by atoms with Crippen LogP contribution < -0.4 is 5.32 Å². The second-order valence-electron chi connectivity index (χ2n) is 11.8. The molecule has 19 nitrogen and oxygen atoms in total. The van der Waals surface area contributed by atoms with Crippen molar-refractivity contribution in [3.05, 3.63) is 38.4 Å². The van der Waals surface area contributed by atoms with E-state index < -0.39 is 18.2 Å². The molecule has 0 spiro atoms. The highest BCUT2D eigenvalue weighted by molar-refractivity contribution is 6.69. The molecule has 0 saturated carbocycles. The summed E-state index contributed by atoms with van der Waals surface area (Å²) in [5.74, 6) is 0. The number of rotatable bonds is 40. The smallest absolute Gasteiger partial charge is 0.299 e. The molecule has 0 aliphatic carbocycles. The van der Waals surface area contributed by atoms with E-state index in [-0.39, 0.29) is 30.2 Å². The first-order valence-corrected chi connectivity index (χ1v) is 21.3. The Morgan fingerprint density at radius 3 is 1.06 bits per heavy atom. The van der Waals surface area contributed by atoms with Crippen LogP contribution in [0, 0.1) is 20.2 Å². The molecule has 0 aliphatic heterocycles. The van der Waals surface area contributed by atoms with E-state index >= 15 is 0 Å². The number of nitro groups is 2. The number of anilines is 1. The summed E-state index contributed by atoms with van der Waals surface area (Å²) >= 11 is 0. The number of hydrogen-bond donors (Lipinski definition) is 1. The van der Waals surface area contributed by atoms with Crippen molar-refractivity contribution >= 4 is 25.4 Å². The maximum absolute atomic E-state index is 11.2. The third-order valence-corrected chi connectivity index (χ3v) is 7.50. The Balaban J connectivity index is 1.71. The Kier molecular flexibility index (Phi) is 31.2. The van der Waals surface area contributed by atoms with Gasteiger partial charge in [-0.3, -0.25) is 20.2 Å². The summed E-state index contributed by atoms with van der Waals surface area (Å²) in [6, 6.07) is 3.43. The van der Waals surface area contributed by atoms with E-state index in [0.717, 1.165) is 6.07 Å². The van der Waals surface area contributed by atoms with Crippen LogP contribution in [-0.2, 0) is 56.5 Å². The molecular weight excluding hydrogens is 722 g/mol. The zero-order valence-electron chi connectivity index (χ0n) is 31.6. The molecule has 1 aromatic rings. The van der Waals surface area contributed by atoms with Gasteiger partial charge in [-0.25, -0.2) is 0 Å². The van der Waals surface area contributed by atoms with Crippen molar-refractivity contribution < 1.29 is 66.4 Å². The van der Waals surface area contributed by atoms with E-state index in [2.05, 4.69) is 25.0 Å². The van der Waals surface area contributed by atoms with Gasteiger partial charge >= 0.3 is 0 Å². The van der Waals surface area contributed by atoms with Crippen LogP contribution in [0.25, 0.3) is 0 Å². The Hall–Kier alpha value is -2.44. The molecule has 1 N–H and O–H groups in total. The van der Waals surface area contributed by atoms with E-state index in [1.54, 1.807) is 0 Å². The lowest BCUT2D eigenvalue weighted by Crippen LogP contribution is -2.27. The van der Waals surface area contributed by atoms with Crippen LogP contribution in [0.15, 0.2) is 18.2 Å². The van der Waals surface area contributed by atoms with Gasteiger partial charge in [-0.2, -0.15) is 0 Å². The normalized spacial score (nSPS) is 11.7. The lowest BCUT2D eigenvalue weighted by molar-refractivity contribution is -0.393. The lowest BCUT2D eigenvalue weighted by atomic mass is 10.2. The van der Waals surface area contributed by atoms with Gasteiger partial charge < -0.3 is 61.8 Å². The Bertz CT molecular complexity index is 1040. The van der Waals surface area contributed by atoms with Crippen LogP contribution in [0.4, 0.5) is 17.1 Å². The summed E-state index contributed by atoms with van der Waals surface area (Å²) in [6.45, 7) is 17.6. The van der Waals surface area contributed by atoms with Gasteiger partial charge in [0.2, 0.25) is 0 Å². The highest BCUT2D eigenvalue weighted by Gasteiger charge is 2.19. The van der Waals surface area contributed by atoms with Crippen molar-refractivity contribution in [2.75, 3.05) is 164 Å². The molecule has 20 heteroatoms. The standard InChI is InChI=1S/C33H61N3O16Si/c1-53(2,3)52-29-28-51-27-26-50-25-24-49-23-22-48-21-20-47-19-18-46-17-16-45-15-14-44-13-12-43-11-10-42-9-8-41-7-6-34-32-5-4-31(35(37)38)30-33(32)36(39)40/h4-5,30,34H,6-29H2,1-3H3. The first-order valence-electron chi connectivity index (χ1n) is 17.9. The summed E-state index contributed by atoms with van der Waals surface area (Å²) in [4.78, 5) is 20.6. The van der Waals surface area contributed by atoms with Crippen molar-refractivity contribution in [3.8, 4) is 0 Å². The second kappa shape index (κ2) is 34.1. The predicted molar refractivity (Wildman–Crippen MR) is 197 cm³/mol. The molecule has 0 aromatic heterocycles. The molecule has 0 atom stereocenters. The molecule has 308 valence electrons. The van der Waals surface area contributed by atoms with Crippen LogP contribution in [0.3, 0.4) is 0 Å². The molecule has 0 saturated heterocycles. The van der Waals surface area contributed by atoms with Gasteiger partial charge in [0.15, 0.2) is 8.32 Å². The van der Waals surface area contributed by atoms with Crippen LogP contribution in [0.2, 0.25) is 19.6 Å². The van der Waals surface area contributed by atoms with Crippen LogP contribution >= 0.6 is 0 Å². The molecule has 0 unspecified atom stereocenters. The van der Waals surface area contributed by atoms with Crippen LogP contribution in [-0.4, -0.2) is 177 Å². The van der Waals surface area contributed by atoms with Gasteiger partial charge in [0, 0.05) is 12.6 Å². The Labute approximate surface area is 313 Å². The van der Waals surface area contributed by atoms with Crippen molar-refractivity contribution in [1.82, 2.24) is 0 Å². The number of non-ortho nitro benzene ring substituents is 1. The molecule has 1 aromatic carbocycles. The molecule has 0 fully saturated rings. The third kappa shape index (κ3) is 31.6. The average Bonchev–Trinajstić information content (AvgIpc) is 3.12. The molecular formula is C33H61N3O16Si. The van der Waals surface area contributed by atoms with Gasteiger partial charge in [0.25, 0.3) is 11.4 Å². The SMILES string of the molecule is C[Si](C)(C)OCCOCCOCCOCCOCCOCCOCCOCCOCCOCCOCCOCCNc1ccc([N+](=O)[O-])cc1[N+](=O)[O-]. The third-order valence-electron chi connectivity index (χ3n) is 6.43. The summed E-state index contributed by atoms with van der Waals surface area (Å²) in [7, 11) is -1.47. The van der Waals surface area contributed by atoms with Crippen molar-refractivity contribution in [2.24, 2.45) is 0 Å². The number of ether oxygens (including phenoxy) is 11. The van der Waals surface area contributed by atoms with Gasteiger partial charge in [-0.1, -0.05) is 0 Å². The Morgan fingerprint density at radius 1 is 0.472 bits per heavy atom. The van der Waals surface area contributed by atoms with Crippen LogP contribution in [0.1, 0.15) is 0 Å². The number of nitrogens with one attached hydrogen (secondary N) is 1. The zero-order chi connectivity index (χ0) is 38.7. The topological polar surface area (TPSA) is 209 Å². The van der Waals surface area contributed by atoms with E-state index in [1.807, 2.05) is 0 Å². The first-order chi connectivity index (χ1) is 25.7. The average molecular weight is 784 g/mol. The molecule has 0 heterocycles. The van der Waals surface area contributed by atoms with Crippen LogP contribution in [0.5, 0.6) is 0 Å². The summed E-state index contributed by atoms with van der Waals surface area (Å²) in [5.41, 5.74) is -0.527. The van der Waals surface area contributed by atoms with Gasteiger partial charge in [0.05, 0.1) is 168 Å². The molecule has 53 heavy (non-hydrogen) atoms. The quantitative estimate of drug-likeness (QED) is 0.0439. The maximum atomic E-state index is 11.2.